The summed E-state index contributed by atoms with van der Waals surface area (Å²) >= 11 is 6.99. The summed E-state index contributed by atoms with van der Waals surface area (Å²) in [6, 6.07) is 5.85. The number of sulfonamides is 1. The molecule has 1 aromatic heterocycles. The van der Waals surface area contributed by atoms with E-state index in [2.05, 4.69) is 9.36 Å². The van der Waals surface area contributed by atoms with E-state index in [1.807, 2.05) is 13.0 Å². The van der Waals surface area contributed by atoms with Crippen molar-refractivity contribution in [1.29, 1.82) is 0 Å². The van der Waals surface area contributed by atoms with Crippen LogP contribution in [0, 0.1) is 29.4 Å². The Bertz CT molecular complexity index is 1810. The van der Waals surface area contributed by atoms with Crippen LogP contribution in [0.3, 0.4) is 0 Å². The van der Waals surface area contributed by atoms with E-state index in [9.17, 15) is 21.6 Å². The number of benzene rings is 2. The molecule has 0 amide bonds. The number of rotatable bonds is 12. The number of piperidine rings is 1. The van der Waals surface area contributed by atoms with Crippen molar-refractivity contribution >= 4 is 38.3 Å². The summed E-state index contributed by atoms with van der Waals surface area (Å²) in [5.41, 5.74) is 1.38. The Labute approximate surface area is 290 Å². The minimum absolute atomic E-state index is 0.00946. The predicted molar refractivity (Wildman–Crippen MR) is 175 cm³/mol. The Morgan fingerprint density at radius 3 is 2.51 bits per heavy atom. The van der Waals surface area contributed by atoms with E-state index in [1.54, 1.807) is 24.3 Å². The lowest BCUT2D eigenvalue weighted by molar-refractivity contribution is -0.151. The molecule has 1 unspecified atom stereocenters. The van der Waals surface area contributed by atoms with Gasteiger partial charge in [0.05, 0.1) is 33.9 Å². The molecule has 2 aliphatic rings. The lowest BCUT2D eigenvalue weighted by atomic mass is 9.76. The van der Waals surface area contributed by atoms with Crippen LogP contribution in [0.1, 0.15) is 25.3 Å². The van der Waals surface area contributed by atoms with Crippen molar-refractivity contribution in [3.05, 3.63) is 76.6 Å². The number of hydrogen-bond acceptors (Lipinski definition) is 9. The third-order valence-electron chi connectivity index (χ3n) is 8.55. The fraction of sp³-hybridized carbons (Fsp3) is 0.438. The summed E-state index contributed by atoms with van der Waals surface area (Å²) in [5, 5.41) is 0.568. The van der Waals surface area contributed by atoms with E-state index in [4.69, 9.17) is 25.8 Å². The second-order valence-electron chi connectivity index (χ2n) is 11.8. The lowest BCUT2D eigenvalue weighted by Gasteiger charge is -2.40. The first-order valence-corrected chi connectivity index (χ1v) is 17.8. The fourth-order valence-electron chi connectivity index (χ4n) is 6.11. The molecule has 0 spiro atoms. The van der Waals surface area contributed by atoms with Gasteiger partial charge >= 0.3 is 6.18 Å². The normalized spacial score (nSPS) is 20.4. The van der Waals surface area contributed by atoms with Crippen LogP contribution in [0.2, 0.25) is 0 Å². The SMILES string of the molecule is COc1ccc(CN(c2ncns2)S(=O)(=O)c2cc(F)c(OC[C@@H]3CN(CC(F)(F)F)CC[C@H]3C3=CC=C(Cl)C(C)C3)cc2F)c(OC)c1. The Balaban J connectivity index is 1.41. The van der Waals surface area contributed by atoms with Crippen molar-refractivity contribution in [2.24, 2.45) is 17.8 Å². The van der Waals surface area contributed by atoms with Crippen LogP contribution in [0.4, 0.5) is 27.1 Å². The standard InChI is InChI=1S/C32H34ClF5N4O5S2/c1-19-10-20(5-7-25(19)33)24-8-9-41(17-32(36,37)38)14-22(24)16-47-29-12-27(35)30(13-26(29)34)49(43,44)42(31-39-18-40-48-31)15-21-4-6-23(45-2)11-28(21)46-3/h4-7,11-13,18-19,22,24H,8-10,14-17H2,1-3H3/t19?,22-,24-/m0/s1. The van der Waals surface area contributed by atoms with Gasteiger partial charge in [-0.1, -0.05) is 30.2 Å². The molecular formula is C32H34ClF5N4O5S2. The molecule has 0 N–H and O–H groups in total. The molecule has 1 aliphatic heterocycles. The fourth-order valence-corrected chi connectivity index (χ4v) is 8.44. The second kappa shape index (κ2) is 15.2. The molecule has 1 fully saturated rings. The number of anilines is 1. The molecule has 266 valence electrons. The van der Waals surface area contributed by atoms with Gasteiger partial charge < -0.3 is 14.2 Å². The first-order valence-electron chi connectivity index (χ1n) is 15.2. The number of aromatic nitrogens is 2. The van der Waals surface area contributed by atoms with Crippen molar-refractivity contribution in [3.63, 3.8) is 0 Å². The van der Waals surface area contributed by atoms with Crippen molar-refractivity contribution in [2.75, 3.05) is 44.8 Å². The van der Waals surface area contributed by atoms with E-state index in [-0.39, 0.29) is 49.0 Å². The largest absolute Gasteiger partial charge is 0.497 e. The van der Waals surface area contributed by atoms with Gasteiger partial charge in [-0.2, -0.15) is 17.5 Å². The quantitative estimate of drug-likeness (QED) is 0.180. The zero-order chi connectivity index (χ0) is 35.5. The van der Waals surface area contributed by atoms with Crippen LogP contribution in [0.15, 0.2) is 64.3 Å². The van der Waals surface area contributed by atoms with Crippen molar-refractivity contribution < 1.29 is 44.6 Å². The highest BCUT2D eigenvalue weighted by Gasteiger charge is 2.39. The molecule has 5 rings (SSSR count). The molecule has 2 heterocycles. The summed E-state index contributed by atoms with van der Waals surface area (Å²) < 4.78 is 120. The molecule has 17 heteroatoms. The van der Waals surface area contributed by atoms with E-state index >= 15 is 8.78 Å². The molecule has 3 atom stereocenters. The maximum absolute atomic E-state index is 15.7. The Hall–Kier alpha value is -3.47. The first-order chi connectivity index (χ1) is 23.2. The van der Waals surface area contributed by atoms with Crippen LogP contribution >= 0.6 is 23.1 Å². The maximum Gasteiger partial charge on any atom is 0.401 e. The molecule has 49 heavy (non-hydrogen) atoms. The maximum atomic E-state index is 15.7. The molecule has 1 aliphatic carbocycles. The summed E-state index contributed by atoms with van der Waals surface area (Å²) in [6.45, 7) is 0.446. The van der Waals surface area contributed by atoms with Gasteiger partial charge in [0.15, 0.2) is 11.6 Å². The zero-order valence-electron chi connectivity index (χ0n) is 26.7. The number of halogens is 6. The highest BCUT2D eigenvalue weighted by atomic mass is 35.5. The number of hydrogen-bond donors (Lipinski definition) is 0. The highest BCUT2D eigenvalue weighted by molar-refractivity contribution is 7.93. The number of allylic oxidation sites excluding steroid dienone is 4. The van der Waals surface area contributed by atoms with E-state index < -0.39 is 50.9 Å². The molecule has 0 saturated carbocycles. The third kappa shape index (κ3) is 8.64. The Morgan fingerprint density at radius 2 is 1.86 bits per heavy atom. The molecular weight excluding hydrogens is 715 g/mol. The van der Waals surface area contributed by atoms with E-state index in [0.29, 0.717) is 41.3 Å². The first kappa shape index (κ1) is 36.8. The minimum Gasteiger partial charge on any atom is -0.497 e. The monoisotopic (exact) mass is 748 g/mol. The number of nitrogens with zero attached hydrogens (tertiary/aromatic N) is 4. The average Bonchev–Trinajstić information content (AvgIpc) is 3.59. The molecule has 0 bridgehead atoms. The minimum atomic E-state index is -4.78. The second-order valence-corrected chi connectivity index (χ2v) is 14.9. The van der Waals surface area contributed by atoms with Crippen molar-refractivity contribution in [3.8, 4) is 17.2 Å². The topological polar surface area (TPSA) is 94.1 Å². The van der Waals surface area contributed by atoms with Gasteiger partial charge in [-0.05, 0) is 49.4 Å². The van der Waals surface area contributed by atoms with Crippen molar-refractivity contribution in [2.45, 2.75) is 37.4 Å². The van der Waals surface area contributed by atoms with Gasteiger partial charge in [-0.15, -0.1) is 0 Å². The number of alkyl halides is 3. The summed E-state index contributed by atoms with van der Waals surface area (Å²) in [4.78, 5) is 4.28. The molecule has 2 aromatic carbocycles. The van der Waals surface area contributed by atoms with Gasteiger partial charge in [0.25, 0.3) is 10.0 Å². The highest BCUT2D eigenvalue weighted by Crippen LogP contribution is 2.40. The van der Waals surface area contributed by atoms with Crippen LogP contribution in [-0.2, 0) is 16.6 Å². The predicted octanol–water partition coefficient (Wildman–Crippen LogP) is 7.20. The lowest BCUT2D eigenvalue weighted by Crippen LogP contribution is -2.47. The van der Waals surface area contributed by atoms with Gasteiger partial charge in [-0.3, -0.25) is 4.90 Å². The summed E-state index contributed by atoms with van der Waals surface area (Å²) in [7, 11) is -1.94. The van der Waals surface area contributed by atoms with Gasteiger partial charge in [0.1, 0.15) is 28.5 Å². The smallest absolute Gasteiger partial charge is 0.401 e. The van der Waals surface area contributed by atoms with E-state index in [1.165, 1.54) is 19.1 Å². The van der Waals surface area contributed by atoms with Crippen LogP contribution < -0.4 is 18.5 Å². The van der Waals surface area contributed by atoms with Crippen LogP contribution in [-0.4, -0.2) is 69.3 Å². The molecule has 3 aromatic rings. The zero-order valence-corrected chi connectivity index (χ0v) is 29.1. The average molecular weight is 749 g/mol. The summed E-state index contributed by atoms with van der Waals surface area (Å²) in [5.74, 6) is -2.96. The van der Waals surface area contributed by atoms with Crippen LogP contribution in [0.5, 0.6) is 17.2 Å². The summed E-state index contributed by atoms with van der Waals surface area (Å²) in [6.07, 6.45) is 1.37. The molecule has 0 radical (unpaired) electrons. The van der Waals surface area contributed by atoms with Gasteiger partial charge in [0.2, 0.25) is 5.13 Å². The van der Waals surface area contributed by atoms with Crippen molar-refractivity contribution in [1.82, 2.24) is 14.3 Å². The van der Waals surface area contributed by atoms with E-state index in [0.717, 1.165) is 27.7 Å². The number of methoxy groups -OCH3 is 2. The number of likely N-dealkylation sites (tertiary alicyclic amines) is 1. The number of ether oxygens (including phenoxy) is 3. The van der Waals surface area contributed by atoms with Gasteiger partial charge in [0, 0.05) is 52.8 Å². The molecule has 1 saturated heterocycles. The molecule has 9 nitrogen and oxygen atoms in total. The Kier molecular flexibility index (Phi) is 11.4. The van der Waals surface area contributed by atoms with Gasteiger partial charge in [-0.25, -0.2) is 26.5 Å². The third-order valence-corrected chi connectivity index (χ3v) is 11.6. The van der Waals surface area contributed by atoms with Crippen LogP contribution in [0.25, 0.3) is 0 Å². The Morgan fingerprint density at radius 1 is 1.08 bits per heavy atom.